The van der Waals surface area contributed by atoms with Gasteiger partial charge in [-0.1, -0.05) is 50.3 Å². The fourth-order valence-electron chi connectivity index (χ4n) is 1.20. The molecule has 0 unspecified atom stereocenters. The van der Waals surface area contributed by atoms with Crippen LogP contribution in [0.15, 0.2) is 24.3 Å². The lowest BCUT2D eigenvalue weighted by molar-refractivity contribution is 0.0939. The smallest absolute Gasteiger partial charge is 0.165 e. The lowest BCUT2D eigenvalue weighted by Gasteiger charge is -2.04. The van der Waals surface area contributed by atoms with Gasteiger partial charge in [-0.15, -0.1) is 0 Å². The second kappa shape index (κ2) is 4.47. The van der Waals surface area contributed by atoms with Gasteiger partial charge in [-0.25, -0.2) is 0 Å². The van der Waals surface area contributed by atoms with Gasteiger partial charge in [0.25, 0.3) is 0 Å². The Labute approximate surface area is 90.1 Å². The first-order valence-corrected chi connectivity index (χ1v) is 5.08. The van der Waals surface area contributed by atoms with Crippen LogP contribution < -0.4 is 0 Å². The summed E-state index contributed by atoms with van der Waals surface area (Å²) in [6, 6.07) is 7.48. The number of benzene rings is 1. The van der Waals surface area contributed by atoms with E-state index < -0.39 is 0 Å². The Hall–Kier alpha value is -1.02. The number of hydrogen-bond donors (Lipinski definition) is 0. The molecule has 0 fully saturated rings. The monoisotopic (exact) mass is 206 g/mol. The number of rotatable bonds is 3. The first-order valence-electron chi connectivity index (χ1n) is 4.67. The maximum absolute atomic E-state index is 11.6. The molecule has 74 valence electrons. The average molecular weight is 206 g/mol. The topological polar surface area (TPSA) is 17.1 Å². The van der Waals surface area contributed by atoms with E-state index in [1.165, 1.54) is 0 Å². The van der Waals surface area contributed by atoms with Crippen molar-refractivity contribution in [2.75, 3.05) is 0 Å². The van der Waals surface area contributed by atoms with Crippen LogP contribution in [-0.2, 0) is 0 Å². The van der Waals surface area contributed by atoms with Crippen molar-refractivity contribution in [1.82, 2.24) is 0 Å². The Kier molecular flexibility index (Phi) is 3.53. The van der Waals surface area contributed by atoms with E-state index in [9.17, 15) is 4.79 Å². The minimum absolute atomic E-state index is 0.0504. The van der Waals surface area contributed by atoms with Crippen LogP contribution >= 0.6 is 12.2 Å². The summed E-state index contributed by atoms with van der Waals surface area (Å²) in [5.41, 5.74) is 1.78. The van der Waals surface area contributed by atoms with Crippen LogP contribution in [0.5, 0.6) is 0 Å². The molecule has 0 radical (unpaired) electrons. The van der Waals surface area contributed by atoms with Crippen molar-refractivity contribution < 1.29 is 4.79 Å². The zero-order valence-corrected chi connectivity index (χ0v) is 9.52. The fourth-order valence-corrected chi connectivity index (χ4v) is 1.34. The summed E-state index contributed by atoms with van der Waals surface area (Å²) in [4.78, 5) is 12.4. The van der Waals surface area contributed by atoms with Gasteiger partial charge in [0.2, 0.25) is 0 Å². The maximum Gasteiger partial charge on any atom is 0.165 e. The van der Waals surface area contributed by atoms with E-state index >= 15 is 0 Å². The third-order valence-electron chi connectivity index (χ3n) is 2.10. The van der Waals surface area contributed by atoms with E-state index in [4.69, 9.17) is 12.2 Å². The Bertz CT molecular complexity index is 349. The number of carbonyl (C=O) groups is 1. The third kappa shape index (κ3) is 2.48. The van der Waals surface area contributed by atoms with Gasteiger partial charge in [-0.2, -0.15) is 0 Å². The summed E-state index contributed by atoms with van der Waals surface area (Å²) in [7, 11) is 0. The number of thiocarbonyl (C=S) groups is 1. The Balaban J connectivity index is 2.94. The second-order valence-corrected chi connectivity index (χ2v) is 4.26. The molecule has 0 aliphatic rings. The van der Waals surface area contributed by atoms with Gasteiger partial charge in [-0.05, 0) is 12.5 Å². The van der Waals surface area contributed by atoms with Crippen molar-refractivity contribution >= 4 is 22.9 Å². The molecule has 0 saturated heterocycles. The van der Waals surface area contributed by atoms with Crippen molar-refractivity contribution in [1.29, 1.82) is 0 Å². The summed E-state index contributed by atoms with van der Waals surface area (Å²) in [5.74, 6) is 0.230. The SMILES string of the molecule is CC(=S)c1ccc(C(=O)C(C)C)cc1. The summed E-state index contributed by atoms with van der Waals surface area (Å²) < 4.78 is 0. The summed E-state index contributed by atoms with van der Waals surface area (Å²) >= 11 is 5.04. The quantitative estimate of drug-likeness (QED) is 0.557. The van der Waals surface area contributed by atoms with Gasteiger partial charge >= 0.3 is 0 Å². The molecule has 2 heteroatoms. The van der Waals surface area contributed by atoms with Gasteiger partial charge in [0.15, 0.2) is 5.78 Å². The van der Waals surface area contributed by atoms with Gasteiger partial charge in [0.1, 0.15) is 0 Å². The maximum atomic E-state index is 11.6. The largest absolute Gasteiger partial charge is 0.294 e. The van der Waals surface area contributed by atoms with Crippen molar-refractivity contribution in [2.24, 2.45) is 5.92 Å². The normalized spacial score (nSPS) is 10.3. The highest BCUT2D eigenvalue weighted by molar-refractivity contribution is 7.80. The molecule has 0 N–H and O–H groups in total. The fraction of sp³-hybridized carbons (Fsp3) is 0.333. The van der Waals surface area contributed by atoms with E-state index in [1.807, 2.05) is 45.0 Å². The van der Waals surface area contributed by atoms with E-state index in [2.05, 4.69) is 0 Å². The average Bonchev–Trinajstić information content (AvgIpc) is 2.16. The van der Waals surface area contributed by atoms with Crippen LogP contribution in [0.3, 0.4) is 0 Å². The summed E-state index contributed by atoms with van der Waals surface area (Å²) in [5, 5.41) is 0. The first kappa shape index (κ1) is 11.1. The predicted molar refractivity (Wildman–Crippen MR) is 63.0 cm³/mol. The molecule has 1 aromatic carbocycles. The number of hydrogen-bond acceptors (Lipinski definition) is 2. The van der Waals surface area contributed by atoms with Gasteiger partial charge in [-0.3, -0.25) is 4.79 Å². The van der Waals surface area contributed by atoms with Crippen LogP contribution in [0.25, 0.3) is 0 Å². The van der Waals surface area contributed by atoms with Crippen LogP contribution in [0.4, 0.5) is 0 Å². The molecule has 0 aromatic heterocycles. The van der Waals surface area contributed by atoms with E-state index in [0.29, 0.717) is 0 Å². The minimum atomic E-state index is 0.0504. The molecule has 0 amide bonds. The second-order valence-electron chi connectivity index (χ2n) is 3.65. The van der Waals surface area contributed by atoms with Crippen molar-refractivity contribution in [3.63, 3.8) is 0 Å². The van der Waals surface area contributed by atoms with Crippen LogP contribution in [-0.4, -0.2) is 10.6 Å². The molecule has 0 saturated carbocycles. The van der Waals surface area contributed by atoms with Crippen molar-refractivity contribution in [3.05, 3.63) is 35.4 Å². The zero-order valence-electron chi connectivity index (χ0n) is 8.70. The highest BCUT2D eigenvalue weighted by atomic mass is 32.1. The van der Waals surface area contributed by atoms with Gasteiger partial charge in [0, 0.05) is 16.3 Å². The minimum Gasteiger partial charge on any atom is -0.294 e. The molecular weight excluding hydrogens is 192 g/mol. The Morgan fingerprint density at radius 3 is 1.93 bits per heavy atom. The third-order valence-corrected chi connectivity index (χ3v) is 2.34. The molecule has 0 heterocycles. The highest BCUT2D eigenvalue weighted by Gasteiger charge is 2.09. The molecular formula is C12H14OS. The first-order chi connectivity index (χ1) is 6.52. The Morgan fingerprint density at radius 1 is 1.14 bits per heavy atom. The van der Waals surface area contributed by atoms with Crippen molar-refractivity contribution in [2.45, 2.75) is 20.8 Å². The van der Waals surface area contributed by atoms with E-state index in [0.717, 1.165) is 16.0 Å². The molecule has 0 aliphatic heterocycles. The summed E-state index contributed by atoms with van der Waals surface area (Å²) in [6.45, 7) is 5.69. The molecule has 1 nitrogen and oxygen atoms in total. The van der Waals surface area contributed by atoms with E-state index in [1.54, 1.807) is 0 Å². The van der Waals surface area contributed by atoms with Gasteiger partial charge < -0.3 is 0 Å². The molecule has 0 atom stereocenters. The Morgan fingerprint density at radius 2 is 1.57 bits per heavy atom. The molecule has 1 aromatic rings. The number of ketones is 1. The lowest BCUT2D eigenvalue weighted by atomic mass is 10.00. The van der Waals surface area contributed by atoms with Gasteiger partial charge in [0.05, 0.1) is 0 Å². The van der Waals surface area contributed by atoms with Crippen LogP contribution in [0, 0.1) is 5.92 Å². The summed E-state index contributed by atoms with van der Waals surface area (Å²) in [6.07, 6.45) is 0. The van der Waals surface area contributed by atoms with Crippen molar-refractivity contribution in [3.8, 4) is 0 Å². The number of carbonyl (C=O) groups excluding carboxylic acids is 1. The molecule has 0 bridgehead atoms. The molecule has 14 heavy (non-hydrogen) atoms. The van der Waals surface area contributed by atoms with Crippen LogP contribution in [0.2, 0.25) is 0 Å². The highest BCUT2D eigenvalue weighted by Crippen LogP contribution is 2.10. The molecule has 0 spiro atoms. The predicted octanol–water partition coefficient (Wildman–Crippen LogP) is 3.26. The van der Waals surface area contributed by atoms with E-state index in [-0.39, 0.29) is 11.7 Å². The standard InChI is InChI=1S/C12H14OS/c1-8(2)12(13)11-6-4-10(5-7-11)9(3)14/h4-8H,1-3H3. The molecule has 1 rings (SSSR count). The molecule has 0 aliphatic carbocycles. The lowest BCUT2D eigenvalue weighted by Crippen LogP contribution is -2.07. The zero-order chi connectivity index (χ0) is 10.7. The number of Topliss-reactive ketones (excluding diaryl/α,β-unsaturated/α-hetero) is 1. The van der Waals surface area contributed by atoms with Crippen LogP contribution in [0.1, 0.15) is 36.7 Å².